The van der Waals surface area contributed by atoms with Gasteiger partial charge in [-0.1, -0.05) is 11.6 Å². The molecule has 0 saturated heterocycles. The van der Waals surface area contributed by atoms with Crippen LogP contribution in [0.3, 0.4) is 0 Å². The summed E-state index contributed by atoms with van der Waals surface area (Å²) in [5.41, 5.74) is -0.352. The Morgan fingerprint density at radius 1 is 1.27 bits per heavy atom. The third-order valence-corrected chi connectivity index (χ3v) is 1.48. The van der Waals surface area contributed by atoms with Crippen LogP contribution in [0.2, 0.25) is 5.02 Å². The largest absolute Gasteiger partial charge is 0.391 e. The van der Waals surface area contributed by atoms with Crippen molar-refractivity contribution >= 4 is 11.6 Å². The van der Waals surface area contributed by atoms with Crippen molar-refractivity contribution in [2.75, 3.05) is 0 Å². The fourth-order valence-corrected chi connectivity index (χ4v) is 0.915. The average molecular weight is 179 g/mol. The van der Waals surface area contributed by atoms with Gasteiger partial charge in [-0.25, -0.2) is 8.78 Å². The highest BCUT2D eigenvalue weighted by molar-refractivity contribution is 6.30. The van der Waals surface area contributed by atoms with Gasteiger partial charge in [0.05, 0.1) is 6.61 Å². The summed E-state index contributed by atoms with van der Waals surface area (Å²) in [4.78, 5) is 0. The fraction of sp³-hybridized carbons (Fsp3) is 0.143. The number of hydrogen-bond acceptors (Lipinski definition) is 1. The third kappa shape index (κ3) is 1.67. The summed E-state index contributed by atoms with van der Waals surface area (Å²) in [7, 11) is 0. The highest BCUT2D eigenvalue weighted by Gasteiger charge is 2.08. The lowest BCUT2D eigenvalue weighted by Crippen LogP contribution is -1.94. The lowest BCUT2D eigenvalue weighted by Gasteiger charge is -2.00. The summed E-state index contributed by atoms with van der Waals surface area (Å²) < 4.78 is 25.3. The smallest absolute Gasteiger partial charge is 0.133 e. The lowest BCUT2D eigenvalue weighted by atomic mass is 10.2. The molecule has 0 aliphatic rings. The van der Waals surface area contributed by atoms with Crippen molar-refractivity contribution in [3.8, 4) is 0 Å². The second kappa shape index (κ2) is 3.15. The highest BCUT2D eigenvalue weighted by atomic mass is 35.5. The molecule has 60 valence electrons. The van der Waals surface area contributed by atoms with Crippen LogP contribution in [0.5, 0.6) is 0 Å². The van der Waals surface area contributed by atoms with E-state index in [2.05, 4.69) is 0 Å². The molecule has 0 radical (unpaired) electrons. The second-order valence-corrected chi connectivity index (χ2v) is 2.44. The minimum Gasteiger partial charge on any atom is -0.391 e. The quantitative estimate of drug-likeness (QED) is 0.699. The van der Waals surface area contributed by atoms with Gasteiger partial charge < -0.3 is 5.11 Å². The molecule has 0 atom stereocenters. The van der Waals surface area contributed by atoms with Crippen molar-refractivity contribution in [1.82, 2.24) is 0 Å². The number of hydrogen-bond donors (Lipinski definition) is 1. The van der Waals surface area contributed by atoms with Crippen LogP contribution in [0.4, 0.5) is 8.78 Å². The molecule has 1 aromatic rings. The van der Waals surface area contributed by atoms with Gasteiger partial charge in [-0.3, -0.25) is 0 Å². The molecule has 1 rings (SSSR count). The molecule has 0 saturated carbocycles. The molecule has 4 heteroatoms. The van der Waals surface area contributed by atoms with Crippen molar-refractivity contribution in [3.05, 3.63) is 34.4 Å². The highest BCUT2D eigenvalue weighted by Crippen LogP contribution is 2.18. The van der Waals surface area contributed by atoms with E-state index in [-0.39, 0.29) is 10.6 Å². The van der Waals surface area contributed by atoms with Crippen LogP contribution in [-0.4, -0.2) is 5.11 Å². The monoisotopic (exact) mass is 178 g/mol. The maximum absolute atomic E-state index is 12.6. The molecule has 0 aliphatic carbocycles. The Kier molecular flexibility index (Phi) is 2.42. The zero-order valence-electron chi connectivity index (χ0n) is 5.44. The van der Waals surface area contributed by atoms with Crippen LogP contribution in [0.15, 0.2) is 12.1 Å². The SMILES string of the molecule is OCc1c(F)cc(Cl)cc1F. The van der Waals surface area contributed by atoms with E-state index in [1.807, 2.05) is 0 Å². The van der Waals surface area contributed by atoms with Crippen LogP contribution in [0.1, 0.15) is 5.56 Å². The zero-order chi connectivity index (χ0) is 8.43. The molecule has 0 amide bonds. The van der Waals surface area contributed by atoms with Gasteiger partial charge in [0.1, 0.15) is 11.6 Å². The van der Waals surface area contributed by atoms with E-state index in [0.717, 1.165) is 12.1 Å². The Balaban J connectivity index is 3.25. The Bertz CT molecular complexity index is 252. The molecule has 1 nitrogen and oxygen atoms in total. The van der Waals surface area contributed by atoms with Crippen LogP contribution in [0, 0.1) is 11.6 Å². The van der Waals surface area contributed by atoms with E-state index < -0.39 is 18.2 Å². The molecule has 0 unspecified atom stereocenters. The molecular weight excluding hydrogens is 174 g/mol. The van der Waals surface area contributed by atoms with E-state index in [1.165, 1.54) is 0 Å². The van der Waals surface area contributed by atoms with Crippen LogP contribution in [-0.2, 0) is 6.61 Å². The molecule has 11 heavy (non-hydrogen) atoms. The number of aliphatic hydroxyl groups is 1. The van der Waals surface area contributed by atoms with Crippen LogP contribution >= 0.6 is 11.6 Å². The van der Waals surface area contributed by atoms with E-state index in [4.69, 9.17) is 16.7 Å². The summed E-state index contributed by atoms with van der Waals surface area (Å²) in [5, 5.41) is 8.45. The number of benzene rings is 1. The van der Waals surface area contributed by atoms with Crippen molar-refractivity contribution in [2.45, 2.75) is 6.61 Å². The average Bonchev–Trinajstić information content (AvgIpc) is 1.85. The molecule has 0 heterocycles. The van der Waals surface area contributed by atoms with Crippen LogP contribution < -0.4 is 0 Å². The Morgan fingerprint density at radius 2 is 1.73 bits per heavy atom. The van der Waals surface area contributed by atoms with Gasteiger partial charge >= 0.3 is 0 Å². The van der Waals surface area contributed by atoms with Crippen molar-refractivity contribution in [1.29, 1.82) is 0 Å². The van der Waals surface area contributed by atoms with Gasteiger partial charge in [-0.2, -0.15) is 0 Å². The van der Waals surface area contributed by atoms with Gasteiger partial charge in [-0.05, 0) is 12.1 Å². The van der Waals surface area contributed by atoms with Crippen molar-refractivity contribution in [2.24, 2.45) is 0 Å². The predicted octanol–water partition coefficient (Wildman–Crippen LogP) is 2.11. The van der Waals surface area contributed by atoms with E-state index >= 15 is 0 Å². The normalized spacial score (nSPS) is 10.2. The first kappa shape index (κ1) is 8.43. The molecule has 1 aromatic carbocycles. The summed E-state index contributed by atoms with van der Waals surface area (Å²) in [5.74, 6) is -1.64. The standard InChI is InChI=1S/C7H5ClF2O/c8-4-1-6(9)5(3-11)7(10)2-4/h1-2,11H,3H2. The lowest BCUT2D eigenvalue weighted by molar-refractivity contribution is 0.269. The summed E-state index contributed by atoms with van der Waals surface area (Å²) in [6.45, 7) is -0.658. The fourth-order valence-electron chi connectivity index (χ4n) is 0.723. The number of halogens is 3. The predicted molar refractivity (Wildman–Crippen MR) is 37.3 cm³/mol. The molecule has 0 aliphatic heterocycles. The zero-order valence-corrected chi connectivity index (χ0v) is 6.20. The first-order valence-corrected chi connectivity index (χ1v) is 3.27. The van der Waals surface area contributed by atoms with Gasteiger partial charge in [0.2, 0.25) is 0 Å². The van der Waals surface area contributed by atoms with Crippen LogP contribution in [0.25, 0.3) is 0 Å². The van der Waals surface area contributed by atoms with Crippen molar-refractivity contribution in [3.63, 3.8) is 0 Å². The third-order valence-electron chi connectivity index (χ3n) is 1.26. The Hall–Kier alpha value is -0.670. The van der Waals surface area contributed by atoms with Crippen molar-refractivity contribution < 1.29 is 13.9 Å². The number of rotatable bonds is 1. The van der Waals surface area contributed by atoms with Gasteiger partial charge in [-0.15, -0.1) is 0 Å². The summed E-state index contributed by atoms with van der Waals surface area (Å²) >= 11 is 5.32. The van der Waals surface area contributed by atoms with Gasteiger partial charge in [0.15, 0.2) is 0 Å². The maximum atomic E-state index is 12.6. The Labute approximate surface area is 67.2 Å². The first-order valence-electron chi connectivity index (χ1n) is 2.89. The van der Waals surface area contributed by atoms with E-state index in [0.29, 0.717) is 0 Å². The van der Waals surface area contributed by atoms with Gasteiger partial charge in [0.25, 0.3) is 0 Å². The topological polar surface area (TPSA) is 20.2 Å². The maximum Gasteiger partial charge on any atom is 0.133 e. The summed E-state index contributed by atoms with van der Waals surface area (Å²) in [6, 6.07) is 1.91. The Morgan fingerprint density at radius 3 is 2.09 bits per heavy atom. The minimum atomic E-state index is -0.822. The molecular formula is C7H5ClF2O. The minimum absolute atomic E-state index is 0.0165. The molecule has 0 spiro atoms. The second-order valence-electron chi connectivity index (χ2n) is 2.01. The van der Waals surface area contributed by atoms with Gasteiger partial charge in [0, 0.05) is 10.6 Å². The van der Waals surface area contributed by atoms with E-state index in [1.54, 1.807) is 0 Å². The molecule has 1 N–H and O–H groups in total. The summed E-state index contributed by atoms with van der Waals surface area (Å²) in [6.07, 6.45) is 0. The molecule has 0 fully saturated rings. The van der Waals surface area contributed by atoms with E-state index in [9.17, 15) is 8.78 Å². The first-order chi connectivity index (χ1) is 5.15. The number of aliphatic hydroxyl groups excluding tert-OH is 1. The molecule has 0 bridgehead atoms. The molecule has 0 aromatic heterocycles.